The quantitative estimate of drug-likeness (QED) is 0.770. The number of imidazole rings is 1. The van der Waals surface area contributed by atoms with Crippen LogP contribution in [0.1, 0.15) is 49.3 Å². The fourth-order valence-corrected chi connectivity index (χ4v) is 3.89. The van der Waals surface area contributed by atoms with E-state index in [0.29, 0.717) is 38.5 Å². The fourth-order valence-electron chi connectivity index (χ4n) is 3.89. The van der Waals surface area contributed by atoms with E-state index < -0.39 is 0 Å². The first-order chi connectivity index (χ1) is 12.7. The number of rotatable bonds is 6. The summed E-state index contributed by atoms with van der Waals surface area (Å²) in [5, 5.41) is 0. The summed E-state index contributed by atoms with van der Waals surface area (Å²) in [5.41, 5.74) is 1.56. The molecule has 1 saturated heterocycles. The molecular formula is C19H30N4O3. The van der Waals surface area contributed by atoms with E-state index in [4.69, 9.17) is 4.74 Å². The van der Waals surface area contributed by atoms with Crippen LogP contribution in [-0.4, -0.2) is 70.6 Å². The minimum Gasteiger partial charge on any atom is -0.378 e. The SMILES string of the molecule is CCCN(CCC)C(=O)c1ncn2c1CCC(C(=O)N1CCOCC1)C2. The van der Waals surface area contributed by atoms with Gasteiger partial charge in [0.1, 0.15) is 5.69 Å². The van der Waals surface area contributed by atoms with Gasteiger partial charge in [-0.3, -0.25) is 9.59 Å². The number of aromatic nitrogens is 2. The predicted octanol–water partition coefficient (Wildman–Crippen LogP) is 1.57. The summed E-state index contributed by atoms with van der Waals surface area (Å²) in [5.74, 6) is 0.208. The van der Waals surface area contributed by atoms with Crippen molar-refractivity contribution in [1.82, 2.24) is 19.4 Å². The van der Waals surface area contributed by atoms with Crippen molar-refractivity contribution in [3.05, 3.63) is 17.7 Å². The molecule has 0 spiro atoms. The number of carbonyl (C=O) groups excluding carboxylic acids is 2. The Morgan fingerprint density at radius 3 is 2.58 bits per heavy atom. The Labute approximate surface area is 155 Å². The number of hydrogen-bond donors (Lipinski definition) is 0. The number of amides is 2. The molecule has 2 aliphatic heterocycles. The van der Waals surface area contributed by atoms with Gasteiger partial charge in [0.2, 0.25) is 5.91 Å². The van der Waals surface area contributed by atoms with E-state index in [1.54, 1.807) is 6.33 Å². The van der Waals surface area contributed by atoms with Gasteiger partial charge in [-0.2, -0.15) is 0 Å². The van der Waals surface area contributed by atoms with Crippen LogP contribution in [0, 0.1) is 5.92 Å². The van der Waals surface area contributed by atoms with Crippen molar-refractivity contribution in [2.24, 2.45) is 5.92 Å². The second-order valence-corrected chi connectivity index (χ2v) is 7.16. The normalized spacial score (nSPS) is 19.9. The lowest BCUT2D eigenvalue weighted by atomic mass is 9.95. The van der Waals surface area contributed by atoms with Crippen LogP contribution in [0.3, 0.4) is 0 Å². The Hall–Kier alpha value is -1.89. The third-order valence-electron chi connectivity index (χ3n) is 5.24. The third kappa shape index (κ3) is 3.92. The Balaban J connectivity index is 1.69. The molecule has 26 heavy (non-hydrogen) atoms. The molecule has 1 atom stereocenters. The van der Waals surface area contributed by atoms with Gasteiger partial charge in [0.15, 0.2) is 0 Å². The second kappa shape index (κ2) is 8.66. The lowest BCUT2D eigenvalue weighted by Gasteiger charge is -2.32. The number of morpholine rings is 1. The molecule has 0 aliphatic carbocycles. The van der Waals surface area contributed by atoms with Crippen LogP contribution in [0.5, 0.6) is 0 Å². The lowest BCUT2D eigenvalue weighted by Crippen LogP contribution is -2.45. The van der Waals surface area contributed by atoms with Gasteiger partial charge < -0.3 is 19.1 Å². The predicted molar refractivity (Wildman–Crippen MR) is 97.9 cm³/mol. The minimum absolute atomic E-state index is 0.0276. The molecule has 1 unspecified atom stereocenters. The Morgan fingerprint density at radius 2 is 1.92 bits per heavy atom. The first-order valence-corrected chi connectivity index (χ1v) is 9.85. The molecule has 0 bridgehead atoms. The van der Waals surface area contributed by atoms with E-state index in [1.807, 2.05) is 14.4 Å². The molecule has 1 aromatic rings. The molecule has 7 nitrogen and oxygen atoms in total. The van der Waals surface area contributed by atoms with Gasteiger partial charge in [0, 0.05) is 32.7 Å². The maximum atomic E-state index is 12.9. The number of nitrogens with zero attached hydrogens (tertiary/aromatic N) is 4. The van der Waals surface area contributed by atoms with Crippen molar-refractivity contribution in [3.8, 4) is 0 Å². The second-order valence-electron chi connectivity index (χ2n) is 7.16. The molecule has 0 saturated carbocycles. The molecular weight excluding hydrogens is 332 g/mol. The Kier molecular flexibility index (Phi) is 6.29. The summed E-state index contributed by atoms with van der Waals surface area (Å²) in [4.78, 5) is 33.8. The Morgan fingerprint density at radius 1 is 1.23 bits per heavy atom. The zero-order valence-corrected chi connectivity index (χ0v) is 15.9. The topological polar surface area (TPSA) is 67.7 Å². The van der Waals surface area contributed by atoms with Crippen molar-refractivity contribution < 1.29 is 14.3 Å². The summed E-state index contributed by atoms with van der Waals surface area (Å²) in [6.45, 7) is 8.91. The average molecular weight is 362 g/mol. The van der Waals surface area contributed by atoms with Crippen LogP contribution >= 0.6 is 0 Å². The van der Waals surface area contributed by atoms with Gasteiger partial charge in [0.05, 0.1) is 31.2 Å². The molecule has 7 heteroatoms. The van der Waals surface area contributed by atoms with Crippen LogP contribution in [-0.2, 0) is 22.5 Å². The molecule has 1 aromatic heterocycles. The van der Waals surface area contributed by atoms with Crippen molar-refractivity contribution in [2.75, 3.05) is 39.4 Å². The number of carbonyl (C=O) groups is 2. The highest BCUT2D eigenvalue weighted by molar-refractivity contribution is 5.93. The highest BCUT2D eigenvalue weighted by atomic mass is 16.5. The van der Waals surface area contributed by atoms with E-state index in [1.165, 1.54) is 0 Å². The van der Waals surface area contributed by atoms with Gasteiger partial charge in [0.25, 0.3) is 5.91 Å². The monoisotopic (exact) mass is 362 g/mol. The van der Waals surface area contributed by atoms with Gasteiger partial charge in [-0.15, -0.1) is 0 Å². The summed E-state index contributed by atoms with van der Waals surface area (Å²) in [6.07, 6.45) is 5.13. The van der Waals surface area contributed by atoms with E-state index in [0.717, 1.165) is 44.5 Å². The highest BCUT2D eigenvalue weighted by Gasteiger charge is 2.32. The van der Waals surface area contributed by atoms with Crippen LogP contribution in [0.25, 0.3) is 0 Å². The maximum absolute atomic E-state index is 12.9. The zero-order chi connectivity index (χ0) is 18.5. The third-order valence-corrected chi connectivity index (χ3v) is 5.24. The van der Waals surface area contributed by atoms with Gasteiger partial charge in [-0.1, -0.05) is 13.8 Å². The first kappa shape index (κ1) is 18.9. The van der Waals surface area contributed by atoms with E-state index in [9.17, 15) is 9.59 Å². The summed E-state index contributed by atoms with van der Waals surface area (Å²) in [7, 11) is 0. The van der Waals surface area contributed by atoms with Crippen LogP contribution in [0.15, 0.2) is 6.33 Å². The Bertz CT molecular complexity index is 631. The van der Waals surface area contributed by atoms with Crippen molar-refractivity contribution in [1.29, 1.82) is 0 Å². The van der Waals surface area contributed by atoms with Gasteiger partial charge in [-0.25, -0.2) is 4.98 Å². The molecule has 3 rings (SSSR count). The van der Waals surface area contributed by atoms with Crippen molar-refractivity contribution in [3.63, 3.8) is 0 Å². The van der Waals surface area contributed by atoms with Crippen LogP contribution in [0.4, 0.5) is 0 Å². The largest absolute Gasteiger partial charge is 0.378 e. The van der Waals surface area contributed by atoms with E-state index in [-0.39, 0.29) is 17.7 Å². The van der Waals surface area contributed by atoms with Crippen LogP contribution in [0.2, 0.25) is 0 Å². The molecule has 0 N–H and O–H groups in total. The number of ether oxygens (including phenoxy) is 1. The highest BCUT2D eigenvalue weighted by Crippen LogP contribution is 2.25. The first-order valence-electron chi connectivity index (χ1n) is 9.85. The molecule has 0 aromatic carbocycles. The summed E-state index contributed by atoms with van der Waals surface area (Å²) in [6, 6.07) is 0. The molecule has 2 amide bonds. The molecule has 0 radical (unpaired) electrons. The van der Waals surface area contributed by atoms with E-state index >= 15 is 0 Å². The van der Waals surface area contributed by atoms with Crippen molar-refractivity contribution >= 4 is 11.8 Å². The molecule has 144 valence electrons. The maximum Gasteiger partial charge on any atom is 0.274 e. The molecule has 3 heterocycles. The minimum atomic E-state index is -0.0276. The number of fused-ring (bicyclic) bond motifs is 1. The lowest BCUT2D eigenvalue weighted by molar-refractivity contribution is -0.140. The van der Waals surface area contributed by atoms with E-state index in [2.05, 4.69) is 18.8 Å². The van der Waals surface area contributed by atoms with Crippen LogP contribution < -0.4 is 0 Å². The molecule has 1 fully saturated rings. The molecule has 2 aliphatic rings. The fraction of sp³-hybridized carbons (Fsp3) is 0.737. The van der Waals surface area contributed by atoms with Gasteiger partial charge in [-0.05, 0) is 25.7 Å². The smallest absolute Gasteiger partial charge is 0.274 e. The zero-order valence-electron chi connectivity index (χ0n) is 15.9. The standard InChI is InChI=1S/C19H30N4O3/c1-3-7-21(8-4-2)19(25)17-16-6-5-15(13-23(16)14-20-17)18(24)22-9-11-26-12-10-22/h14-15H,3-13H2,1-2H3. The number of hydrogen-bond acceptors (Lipinski definition) is 4. The average Bonchev–Trinajstić information content (AvgIpc) is 3.10. The summed E-state index contributed by atoms with van der Waals surface area (Å²) < 4.78 is 7.34. The summed E-state index contributed by atoms with van der Waals surface area (Å²) >= 11 is 0. The van der Waals surface area contributed by atoms with Gasteiger partial charge >= 0.3 is 0 Å². The van der Waals surface area contributed by atoms with Crippen molar-refractivity contribution in [2.45, 2.75) is 46.1 Å².